The normalized spacial score (nSPS) is 15.8. The molecule has 3 rings (SSSR count). The molecule has 30 heavy (non-hydrogen) atoms. The smallest absolute Gasteiger partial charge is 0.320 e. The number of rotatable bonds is 8. The van der Waals surface area contributed by atoms with Gasteiger partial charge in [0.2, 0.25) is 5.91 Å². The van der Waals surface area contributed by atoms with Crippen molar-refractivity contribution in [3.63, 3.8) is 0 Å². The van der Waals surface area contributed by atoms with E-state index in [4.69, 9.17) is 4.74 Å². The van der Waals surface area contributed by atoms with Crippen LogP contribution in [0.2, 0.25) is 0 Å². The lowest BCUT2D eigenvalue weighted by Gasteiger charge is -2.30. The molecule has 1 fully saturated rings. The van der Waals surface area contributed by atoms with Crippen LogP contribution in [0.25, 0.3) is 0 Å². The number of amides is 3. The van der Waals surface area contributed by atoms with E-state index in [2.05, 4.69) is 18.4 Å². The van der Waals surface area contributed by atoms with Gasteiger partial charge in [-0.05, 0) is 42.3 Å². The Balaban J connectivity index is 1.76. The van der Waals surface area contributed by atoms with E-state index in [9.17, 15) is 9.59 Å². The van der Waals surface area contributed by atoms with Crippen molar-refractivity contribution < 1.29 is 14.3 Å². The molecule has 162 valence electrons. The summed E-state index contributed by atoms with van der Waals surface area (Å²) in [6.07, 6.45) is 1.93. The number of hydrogen-bond acceptors (Lipinski definition) is 4. The molecule has 1 saturated heterocycles. The van der Waals surface area contributed by atoms with Crippen molar-refractivity contribution in [2.24, 2.45) is 0 Å². The van der Waals surface area contributed by atoms with Gasteiger partial charge in [0.05, 0.1) is 12.6 Å². The zero-order valence-electron chi connectivity index (χ0n) is 18.0. The van der Waals surface area contributed by atoms with Gasteiger partial charge in [-0.1, -0.05) is 30.3 Å². The first-order chi connectivity index (χ1) is 14.4. The number of thiophene rings is 1. The Kier molecular flexibility index (Phi) is 7.87. The lowest BCUT2D eigenvalue weighted by Crippen LogP contribution is -2.48. The van der Waals surface area contributed by atoms with E-state index >= 15 is 0 Å². The molecular formula is C23H31N3O3S. The van der Waals surface area contributed by atoms with E-state index in [0.717, 1.165) is 25.0 Å². The lowest BCUT2D eigenvalue weighted by molar-refractivity contribution is -0.133. The minimum absolute atomic E-state index is 0.00353. The van der Waals surface area contributed by atoms with Crippen LogP contribution in [0.3, 0.4) is 0 Å². The molecule has 0 radical (unpaired) electrons. The average Bonchev–Trinajstić information content (AvgIpc) is 3.39. The van der Waals surface area contributed by atoms with E-state index in [1.807, 2.05) is 35.2 Å². The molecule has 1 atom stereocenters. The third-order valence-corrected chi connectivity index (χ3v) is 6.31. The molecule has 1 aliphatic rings. The molecule has 7 heteroatoms. The van der Waals surface area contributed by atoms with E-state index in [0.29, 0.717) is 19.6 Å². The van der Waals surface area contributed by atoms with E-state index in [-0.39, 0.29) is 24.6 Å². The average molecular weight is 430 g/mol. The van der Waals surface area contributed by atoms with E-state index in [1.54, 1.807) is 30.3 Å². The van der Waals surface area contributed by atoms with Crippen LogP contribution >= 0.6 is 11.3 Å². The Labute approximate surface area is 183 Å². The Bertz CT molecular complexity index is 831. The number of ether oxygens (including phenoxy) is 1. The zero-order valence-corrected chi connectivity index (χ0v) is 18.9. The summed E-state index contributed by atoms with van der Waals surface area (Å²) in [5, 5.41) is 2.05. The van der Waals surface area contributed by atoms with E-state index < -0.39 is 0 Å². The monoisotopic (exact) mass is 429 g/mol. The maximum absolute atomic E-state index is 13.4. The second-order valence-electron chi connectivity index (χ2n) is 7.95. The Morgan fingerprint density at radius 2 is 1.87 bits per heavy atom. The summed E-state index contributed by atoms with van der Waals surface area (Å²) in [6.45, 7) is 4.34. The molecule has 0 bridgehead atoms. The fraction of sp³-hybridized carbons (Fsp3) is 0.478. The standard InChI is InChI=1S/C23H31N3O3S/c1-18-11-13-30-21(18)16-25(14-19-8-5-4-6-9-19)22(27)17-26(23(28)24(2)3)15-20-10-7-12-29-20/h4-6,8-9,11,13,20H,7,10,12,14-17H2,1-3H3. The number of benzene rings is 1. The quantitative estimate of drug-likeness (QED) is 0.642. The first-order valence-corrected chi connectivity index (χ1v) is 11.2. The number of nitrogens with zero attached hydrogens (tertiary/aromatic N) is 3. The van der Waals surface area contributed by atoms with Gasteiger partial charge in [0.25, 0.3) is 0 Å². The van der Waals surface area contributed by atoms with Gasteiger partial charge in [0, 0.05) is 38.7 Å². The molecule has 1 aliphatic heterocycles. The molecule has 6 nitrogen and oxygen atoms in total. The molecule has 0 N–H and O–H groups in total. The SMILES string of the molecule is Cc1ccsc1CN(Cc1ccccc1)C(=O)CN(CC1CCCO1)C(=O)N(C)C. The maximum Gasteiger partial charge on any atom is 0.320 e. The van der Waals surface area contributed by atoms with Crippen molar-refractivity contribution in [1.82, 2.24) is 14.7 Å². The van der Waals surface area contributed by atoms with Crippen molar-refractivity contribution in [3.8, 4) is 0 Å². The molecule has 0 aliphatic carbocycles. The maximum atomic E-state index is 13.4. The molecule has 1 unspecified atom stereocenters. The van der Waals surface area contributed by atoms with Gasteiger partial charge in [0.1, 0.15) is 6.54 Å². The van der Waals surface area contributed by atoms with Crippen molar-refractivity contribution in [1.29, 1.82) is 0 Å². The summed E-state index contributed by atoms with van der Waals surface area (Å²) in [5.74, 6) is -0.0557. The van der Waals surface area contributed by atoms with E-state index in [1.165, 1.54) is 15.3 Å². The summed E-state index contributed by atoms with van der Waals surface area (Å²) in [5.41, 5.74) is 2.26. The minimum atomic E-state index is -0.161. The summed E-state index contributed by atoms with van der Waals surface area (Å²) < 4.78 is 5.72. The molecule has 0 saturated carbocycles. The summed E-state index contributed by atoms with van der Waals surface area (Å²) in [6, 6.07) is 11.9. The van der Waals surface area contributed by atoms with Gasteiger partial charge < -0.3 is 19.4 Å². The molecule has 2 aromatic rings. The predicted molar refractivity (Wildman–Crippen MR) is 119 cm³/mol. The number of aryl methyl sites for hydroxylation is 1. The highest BCUT2D eigenvalue weighted by atomic mass is 32.1. The van der Waals surface area contributed by atoms with Gasteiger partial charge in [-0.15, -0.1) is 11.3 Å². The van der Waals surface area contributed by atoms with Gasteiger partial charge in [-0.25, -0.2) is 4.79 Å². The highest BCUT2D eigenvalue weighted by Crippen LogP contribution is 2.20. The first-order valence-electron chi connectivity index (χ1n) is 10.4. The number of hydrogen-bond donors (Lipinski definition) is 0. The topological polar surface area (TPSA) is 53.1 Å². The second-order valence-corrected chi connectivity index (χ2v) is 8.96. The Hall–Kier alpha value is -2.38. The second kappa shape index (κ2) is 10.6. The summed E-state index contributed by atoms with van der Waals surface area (Å²) >= 11 is 1.66. The highest BCUT2D eigenvalue weighted by molar-refractivity contribution is 7.10. The Morgan fingerprint density at radius 3 is 2.47 bits per heavy atom. The fourth-order valence-corrected chi connectivity index (χ4v) is 4.49. The van der Waals surface area contributed by atoms with Crippen LogP contribution in [0.1, 0.15) is 28.8 Å². The number of urea groups is 1. The van der Waals surface area contributed by atoms with Gasteiger partial charge >= 0.3 is 6.03 Å². The van der Waals surface area contributed by atoms with Gasteiger partial charge in [-0.2, -0.15) is 0 Å². The van der Waals surface area contributed by atoms with Crippen molar-refractivity contribution in [3.05, 3.63) is 57.8 Å². The molecule has 1 aromatic carbocycles. The van der Waals surface area contributed by atoms with Crippen molar-refractivity contribution in [2.75, 3.05) is 33.8 Å². The van der Waals surface area contributed by atoms with Gasteiger partial charge in [-0.3, -0.25) is 4.79 Å². The minimum Gasteiger partial charge on any atom is -0.376 e. The number of carbonyl (C=O) groups excluding carboxylic acids is 2. The van der Waals surface area contributed by atoms with Crippen LogP contribution in [0.4, 0.5) is 4.79 Å². The molecule has 0 spiro atoms. The molecule has 3 amide bonds. The molecular weight excluding hydrogens is 398 g/mol. The lowest BCUT2D eigenvalue weighted by atomic mass is 10.2. The van der Waals surface area contributed by atoms with Gasteiger partial charge in [0.15, 0.2) is 0 Å². The largest absolute Gasteiger partial charge is 0.376 e. The van der Waals surface area contributed by atoms with Crippen LogP contribution in [0.15, 0.2) is 41.8 Å². The fourth-order valence-electron chi connectivity index (χ4n) is 3.57. The van der Waals surface area contributed by atoms with Crippen LogP contribution < -0.4 is 0 Å². The third-order valence-electron chi connectivity index (χ3n) is 5.30. The Morgan fingerprint density at radius 1 is 1.10 bits per heavy atom. The van der Waals surface area contributed by atoms with Crippen molar-refractivity contribution in [2.45, 2.75) is 39.0 Å². The molecule has 1 aromatic heterocycles. The third kappa shape index (κ3) is 6.06. The van der Waals surface area contributed by atoms with Crippen LogP contribution in [-0.2, 0) is 22.6 Å². The molecule has 2 heterocycles. The van der Waals surface area contributed by atoms with Crippen LogP contribution in [-0.4, -0.2) is 66.5 Å². The summed E-state index contributed by atoms with van der Waals surface area (Å²) in [4.78, 5) is 32.3. The van der Waals surface area contributed by atoms with Crippen LogP contribution in [0.5, 0.6) is 0 Å². The zero-order chi connectivity index (χ0) is 21.5. The number of carbonyl (C=O) groups is 2. The highest BCUT2D eigenvalue weighted by Gasteiger charge is 2.27. The summed E-state index contributed by atoms with van der Waals surface area (Å²) in [7, 11) is 3.43. The first kappa shape index (κ1) is 22.3. The predicted octanol–water partition coefficient (Wildman–Crippen LogP) is 3.75. The van der Waals surface area contributed by atoms with Crippen LogP contribution in [0, 0.1) is 6.92 Å². The van der Waals surface area contributed by atoms with Crippen molar-refractivity contribution >= 4 is 23.3 Å².